The number of Topliss-reactive ketones (excluding diaryl/α,β-unsaturated/α-hetero) is 1. The summed E-state index contributed by atoms with van der Waals surface area (Å²) in [7, 11) is 0. The van der Waals surface area contributed by atoms with Crippen LogP contribution >= 0.6 is 0 Å². The van der Waals surface area contributed by atoms with Gasteiger partial charge in [-0.25, -0.2) is 19.2 Å². The summed E-state index contributed by atoms with van der Waals surface area (Å²) in [5.74, 6) is -3.07. The van der Waals surface area contributed by atoms with E-state index in [1.165, 1.54) is 0 Å². The molecule has 2 fully saturated rings. The number of hydrogen-bond acceptors (Lipinski definition) is 11. The summed E-state index contributed by atoms with van der Waals surface area (Å²) >= 11 is 0. The Morgan fingerprint density at radius 1 is 0.558 bits per heavy atom. The van der Waals surface area contributed by atoms with Crippen molar-refractivity contribution < 1.29 is 52.4 Å². The fraction of sp³-hybridized carbons (Fsp3) is 0.293. The van der Waals surface area contributed by atoms with Gasteiger partial charge in [0.05, 0.1) is 28.4 Å². The van der Waals surface area contributed by atoms with Crippen molar-refractivity contribution in [3.63, 3.8) is 0 Å². The molecule has 0 radical (unpaired) electrons. The van der Waals surface area contributed by atoms with E-state index in [1.807, 2.05) is 0 Å². The number of ether oxygens (including phenoxy) is 6. The first-order chi connectivity index (χ1) is 25.4. The van der Waals surface area contributed by atoms with E-state index in [0.29, 0.717) is 25.7 Å². The van der Waals surface area contributed by atoms with Crippen LogP contribution in [0.3, 0.4) is 0 Å². The number of ketones is 1. The van der Waals surface area contributed by atoms with Crippen LogP contribution in [0.2, 0.25) is 0 Å². The van der Waals surface area contributed by atoms with Crippen LogP contribution in [-0.4, -0.2) is 73.1 Å². The zero-order valence-corrected chi connectivity index (χ0v) is 28.2. The molecule has 1 aliphatic carbocycles. The molecule has 6 rings (SSSR count). The molecule has 1 saturated carbocycles. The van der Waals surface area contributed by atoms with E-state index in [9.17, 15) is 24.0 Å². The zero-order valence-electron chi connectivity index (χ0n) is 28.2. The van der Waals surface area contributed by atoms with Gasteiger partial charge >= 0.3 is 23.9 Å². The molecule has 6 atom stereocenters. The highest BCUT2D eigenvalue weighted by Crippen LogP contribution is 2.33. The lowest BCUT2D eigenvalue weighted by molar-refractivity contribution is -0.308. The summed E-state index contributed by atoms with van der Waals surface area (Å²) in [6.45, 7) is -0.470. The predicted molar refractivity (Wildman–Crippen MR) is 185 cm³/mol. The predicted octanol–water partition coefficient (Wildman–Crippen LogP) is 6.16. The van der Waals surface area contributed by atoms with Crippen molar-refractivity contribution in [2.24, 2.45) is 0 Å². The molecule has 0 bridgehead atoms. The molecule has 0 N–H and O–H groups in total. The van der Waals surface area contributed by atoms with Gasteiger partial charge in [0.2, 0.25) is 0 Å². The monoisotopic (exact) mass is 706 g/mol. The number of benzene rings is 4. The second kappa shape index (κ2) is 17.5. The van der Waals surface area contributed by atoms with Crippen molar-refractivity contribution >= 4 is 29.7 Å². The van der Waals surface area contributed by atoms with Crippen molar-refractivity contribution in [3.05, 3.63) is 144 Å². The molecule has 2 aliphatic rings. The van der Waals surface area contributed by atoms with Crippen LogP contribution < -0.4 is 0 Å². The van der Waals surface area contributed by atoms with Gasteiger partial charge in [-0.15, -0.1) is 0 Å². The van der Waals surface area contributed by atoms with E-state index < -0.39 is 67.3 Å². The van der Waals surface area contributed by atoms with Crippen molar-refractivity contribution in [1.82, 2.24) is 0 Å². The third kappa shape index (κ3) is 9.36. The van der Waals surface area contributed by atoms with Crippen LogP contribution in [0.1, 0.15) is 73.5 Å². The molecule has 0 amide bonds. The van der Waals surface area contributed by atoms with Gasteiger partial charge in [-0.2, -0.15) is 0 Å². The Morgan fingerprint density at radius 2 is 1.00 bits per heavy atom. The van der Waals surface area contributed by atoms with Crippen molar-refractivity contribution in [1.29, 1.82) is 0 Å². The maximum Gasteiger partial charge on any atom is 0.338 e. The first kappa shape index (κ1) is 36.2. The number of carbonyl (C=O) groups is 5. The second-order valence-corrected chi connectivity index (χ2v) is 12.5. The van der Waals surface area contributed by atoms with Crippen LogP contribution in [0.15, 0.2) is 121 Å². The largest absolute Gasteiger partial charge is 0.459 e. The molecule has 52 heavy (non-hydrogen) atoms. The maximum atomic E-state index is 13.7. The molecular weight excluding hydrogens is 668 g/mol. The first-order valence-electron chi connectivity index (χ1n) is 17.2. The minimum atomic E-state index is -1.53. The van der Waals surface area contributed by atoms with Crippen LogP contribution in [0.4, 0.5) is 0 Å². The molecule has 4 aromatic carbocycles. The summed E-state index contributed by atoms with van der Waals surface area (Å²) in [5, 5.41) is 0. The summed E-state index contributed by atoms with van der Waals surface area (Å²) in [6, 6.07) is 32.7. The zero-order chi connectivity index (χ0) is 36.3. The molecule has 4 aromatic rings. The quantitative estimate of drug-likeness (QED) is 0.101. The third-order valence-electron chi connectivity index (χ3n) is 8.75. The maximum absolute atomic E-state index is 13.7. The molecule has 11 nitrogen and oxygen atoms in total. The Hall–Kier alpha value is -5.65. The number of esters is 4. The van der Waals surface area contributed by atoms with Crippen LogP contribution in [0, 0.1) is 0 Å². The van der Waals surface area contributed by atoms with E-state index in [0.717, 1.165) is 0 Å². The lowest BCUT2D eigenvalue weighted by atomic mass is 9.97. The number of rotatable bonds is 11. The van der Waals surface area contributed by atoms with E-state index in [1.54, 1.807) is 121 Å². The minimum Gasteiger partial charge on any atom is -0.459 e. The van der Waals surface area contributed by atoms with Gasteiger partial charge < -0.3 is 28.4 Å². The van der Waals surface area contributed by atoms with E-state index >= 15 is 0 Å². The van der Waals surface area contributed by atoms with Gasteiger partial charge in [0.15, 0.2) is 24.6 Å². The highest BCUT2D eigenvalue weighted by molar-refractivity contribution is 5.91. The highest BCUT2D eigenvalue weighted by Gasteiger charge is 2.54. The Morgan fingerprint density at radius 3 is 1.50 bits per heavy atom. The Kier molecular flexibility index (Phi) is 12.2. The van der Waals surface area contributed by atoms with E-state index in [4.69, 9.17) is 28.4 Å². The smallest absolute Gasteiger partial charge is 0.338 e. The molecule has 1 aliphatic heterocycles. The van der Waals surface area contributed by atoms with Crippen molar-refractivity contribution in [2.75, 3.05) is 6.61 Å². The number of hydrogen-bond donors (Lipinski definition) is 0. The summed E-state index contributed by atoms with van der Waals surface area (Å²) in [5.41, 5.74) is 0.816. The SMILES string of the molecule is O=C1CCCCC(O[C@H]2O[C@H](COC(=O)c3ccccc3)[C@H](OC(=O)c3ccccc3)[C@H](OC(=O)c3ccccc3)[C@H]2OC(=O)c2ccccc2)C1. The lowest BCUT2D eigenvalue weighted by Crippen LogP contribution is -2.63. The third-order valence-corrected chi connectivity index (χ3v) is 8.75. The van der Waals surface area contributed by atoms with E-state index in [-0.39, 0.29) is 34.5 Å². The normalized spacial score (nSPS) is 23.0. The van der Waals surface area contributed by atoms with Gasteiger partial charge in [-0.1, -0.05) is 79.2 Å². The molecule has 11 heteroatoms. The van der Waals surface area contributed by atoms with Crippen molar-refractivity contribution in [3.8, 4) is 0 Å². The van der Waals surface area contributed by atoms with Gasteiger partial charge in [0, 0.05) is 12.8 Å². The van der Waals surface area contributed by atoms with Crippen LogP contribution in [0.25, 0.3) is 0 Å². The summed E-state index contributed by atoms with van der Waals surface area (Å²) < 4.78 is 36.7. The molecule has 1 saturated heterocycles. The van der Waals surface area contributed by atoms with E-state index in [2.05, 4.69) is 0 Å². The average Bonchev–Trinajstić information content (AvgIpc) is 3.40. The summed E-state index contributed by atoms with van der Waals surface area (Å²) in [6.07, 6.45) is -5.45. The fourth-order valence-electron chi connectivity index (χ4n) is 6.09. The Labute approximate surface area is 300 Å². The van der Waals surface area contributed by atoms with Gasteiger partial charge in [-0.3, -0.25) is 4.79 Å². The molecule has 1 unspecified atom stereocenters. The molecule has 0 spiro atoms. The highest BCUT2D eigenvalue weighted by atomic mass is 16.7. The lowest BCUT2D eigenvalue weighted by Gasteiger charge is -2.45. The summed E-state index contributed by atoms with van der Waals surface area (Å²) in [4.78, 5) is 66.8. The fourth-order valence-corrected chi connectivity index (χ4v) is 6.09. The van der Waals surface area contributed by atoms with Gasteiger partial charge in [0.1, 0.15) is 18.5 Å². The molecule has 0 aromatic heterocycles. The average molecular weight is 707 g/mol. The molecule has 1 heterocycles. The molecule has 268 valence electrons. The standard InChI is InChI=1S/C41H38O11/c42-31-23-13-14-24-32(25-31)48-41-36(52-40(46)30-21-11-4-12-22-30)35(51-39(45)29-19-9-3-10-20-29)34(50-38(44)28-17-7-2-8-18-28)33(49-41)26-47-37(43)27-15-5-1-6-16-27/h1-12,15-22,32-36,41H,13-14,23-26H2/t32?,33-,34+,35+,36-,41+/m1/s1. The number of carbonyl (C=O) groups excluding carboxylic acids is 5. The van der Waals surface area contributed by atoms with Crippen LogP contribution in [0.5, 0.6) is 0 Å². The Balaban J connectivity index is 1.40. The van der Waals surface area contributed by atoms with Gasteiger partial charge in [0.25, 0.3) is 0 Å². The van der Waals surface area contributed by atoms with Gasteiger partial charge in [-0.05, 0) is 61.4 Å². The first-order valence-corrected chi connectivity index (χ1v) is 17.2. The minimum absolute atomic E-state index is 0.00574. The second-order valence-electron chi connectivity index (χ2n) is 12.5. The Bertz CT molecular complexity index is 1810. The topological polar surface area (TPSA) is 141 Å². The molecular formula is C41H38O11. The van der Waals surface area contributed by atoms with Crippen LogP contribution in [-0.2, 0) is 33.2 Å². The van der Waals surface area contributed by atoms with Crippen molar-refractivity contribution in [2.45, 2.75) is 68.9 Å².